The van der Waals surface area contributed by atoms with E-state index in [9.17, 15) is 9.59 Å². The number of carbonyl (C=O) groups is 2. The molecule has 1 aliphatic heterocycles. The summed E-state index contributed by atoms with van der Waals surface area (Å²) in [5.41, 5.74) is 1.07. The molecule has 24 heavy (non-hydrogen) atoms. The van der Waals surface area contributed by atoms with E-state index in [1.165, 1.54) is 0 Å². The van der Waals surface area contributed by atoms with Crippen molar-refractivity contribution in [3.05, 3.63) is 16.1 Å². The number of hydrogen-bond acceptors (Lipinski definition) is 4. The Labute approximate surface area is 146 Å². The number of piperidine rings is 1. The topological polar surface area (TPSA) is 62.3 Å². The highest BCUT2D eigenvalue weighted by molar-refractivity contribution is 7.09. The number of carbonyl (C=O) groups excluding carboxylic acids is 2. The minimum absolute atomic E-state index is 0.201. The maximum absolute atomic E-state index is 12.3. The van der Waals surface area contributed by atoms with E-state index in [2.05, 4.69) is 15.6 Å². The summed E-state index contributed by atoms with van der Waals surface area (Å²) in [5.74, 6) is 1.53. The molecule has 130 valence electrons. The summed E-state index contributed by atoms with van der Waals surface area (Å²) < 4.78 is 0. The molecule has 2 heterocycles. The zero-order valence-electron chi connectivity index (χ0n) is 14.0. The molecule has 2 aliphatic carbocycles. The van der Waals surface area contributed by atoms with Gasteiger partial charge in [-0.25, -0.2) is 4.98 Å². The van der Waals surface area contributed by atoms with Gasteiger partial charge in [0.15, 0.2) is 0 Å². The van der Waals surface area contributed by atoms with Crippen molar-refractivity contribution in [3.8, 4) is 0 Å². The molecule has 2 amide bonds. The van der Waals surface area contributed by atoms with Crippen LogP contribution in [-0.2, 0) is 16.0 Å². The van der Waals surface area contributed by atoms with Crippen LogP contribution in [0.1, 0.15) is 55.1 Å². The van der Waals surface area contributed by atoms with Crippen molar-refractivity contribution in [1.82, 2.24) is 15.2 Å². The monoisotopic (exact) mass is 347 g/mol. The third-order valence-electron chi connectivity index (χ3n) is 5.21. The van der Waals surface area contributed by atoms with E-state index >= 15 is 0 Å². The van der Waals surface area contributed by atoms with Gasteiger partial charge in [-0.1, -0.05) is 0 Å². The average molecular weight is 347 g/mol. The molecule has 1 N–H and O–H groups in total. The van der Waals surface area contributed by atoms with Gasteiger partial charge in [-0.2, -0.15) is 0 Å². The summed E-state index contributed by atoms with van der Waals surface area (Å²) >= 11 is 1.71. The van der Waals surface area contributed by atoms with E-state index in [-0.39, 0.29) is 11.8 Å². The molecular weight excluding hydrogens is 322 g/mol. The van der Waals surface area contributed by atoms with Gasteiger partial charge in [0.05, 0.1) is 10.7 Å². The number of thiazole rings is 1. The molecular formula is C18H25N3O2S. The molecule has 6 heteroatoms. The number of likely N-dealkylation sites (tertiary alicyclic amines) is 1. The van der Waals surface area contributed by atoms with Crippen LogP contribution in [0, 0.1) is 11.8 Å². The van der Waals surface area contributed by atoms with Gasteiger partial charge in [0.2, 0.25) is 11.8 Å². The first-order valence-electron chi connectivity index (χ1n) is 9.21. The van der Waals surface area contributed by atoms with E-state index in [1.54, 1.807) is 11.3 Å². The van der Waals surface area contributed by atoms with Crippen LogP contribution in [0.5, 0.6) is 0 Å². The van der Waals surface area contributed by atoms with Gasteiger partial charge in [-0.05, 0) is 38.5 Å². The normalized spacial score (nSPS) is 24.0. The number of amides is 2. The highest BCUT2D eigenvalue weighted by Crippen LogP contribution is 2.35. The summed E-state index contributed by atoms with van der Waals surface area (Å²) in [4.78, 5) is 30.8. The lowest BCUT2D eigenvalue weighted by Gasteiger charge is -2.32. The molecule has 1 saturated heterocycles. The Morgan fingerprint density at radius 1 is 1.21 bits per heavy atom. The van der Waals surface area contributed by atoms with Crippen molar-refractivity contribution in [1.29, 1.82) is 0 Å². The lowest BCUT2D eigenvalue weighted by molar-refractivity contribution is -0.133. The Bertz CT molecular complexity index is 622. The standard InChI is InChI=1S/C18H25N3O2S/c22-16(12-3-4-12)19-8-7-15-11-24-17(20-15)14-2-1-9-21(10-14)18(23)13-5-6-13/h11-14H,1-10H2,(H,19,22). The summed E-state index contributed by atoms with van der Waals surface area (Å²) in [7, 11) is 0. The highest BCUT2D eigenvalue weighted by atomic mass is 32.1. The zero-order valence-corrected chi connectivity index (χ0v) is 14.8. The van der Waals surface area contributed by atoms with Gasteiger partial charge in [-0.15, -0.1) is 11.3 Å². The molecule has 2 saturated carbocycles. The molecule has 1 atom stereocenters. The van der Waals surface area contributed by atoms with Crippen LogP contribution in [0.25, 0.3) is 0 Å². The SMILES string of the molecule is O=C(NCCc1csc(C2CCCN(C(=O)C3CC3)C2)n1)C1CC1. The van der Waals surface area contributed by atoms with Crippen LogP contribution >= 0.6 is 11.3 Å². The first-order valence-corrected chi connectivity index (χ1v) is 10.1. The van der Waals surface area contributed by atoms with Crippen molar-refractivity contribution in [2.75, 3.05) is 19.6 Å². The van der Waals surface area contributed by atoms with Crippen LogP contribution < -0.4 is 5.32 Å². The minimum Gasteiger partial charge on any atom is -0.355 e. The number of nitrogens with zero attached hydrogens (tertiary/aromatic N) is 2. The first-order chi connectivity index (χ1) is 11.7. The third kappa shape index (κ3) is 3.79. The van der Waals surface area contributed by atoms with Crippen LogP contribution in [0.2, 0.25) is 0 Å². The van der Waals surface area contributed by atoms with E-state index in [0.717, 1.165) is 68.7 Å². The van der Waals surface area contributed by atoms with E-state index < -0.39 is 0 Å². The molecule has 5 nitrogen and oxygen atoms in total. The van der Waals surface area contributed by atoms with E-state index in [4.69, 9.17) is 4.98 Å². The Morgan fingerprint density at radius 2 is 2.00 bits per heavy atom. The van der Waals surface area contributed by atoms with Crippen LogP contribution in [0.4, 0.5) is 0 Å². The van der Waals surface area contributed by atoms with E-state index in [1.807, 2.05) is 0 Å². The molecule has 3 fully saturated rings. The molecule has 1 aromatic heterocycles. The molecule has 1 unspecified atom stereocenters. The van der Waals surface area contributed by atoms with Gasteiger partial charge < -0.3 is 10.2 Å². The maximum atomic E-state index is 12.3. The van der Waals surface area contributed by atoms with Crippen molar-refractivity contribution in [2.45, 2.75) is 50.9 Å². The zero-order chi connectivity index (χ0) is 16.5. The van der Waals surface area contributed by atoms with Gasteiger partial charge in [-0.3, -0.25) is 9.59 Å². The second kappa shape index (κ2) is 6.82. The predicted octanol–water partition coefficient (Wildman–Crippen LogP) is 2.33. The Balaban J connectivity index is 1.28. The molecule has 0 bridgehead atoms. The average Bonchev–Trinajstić information content (AvgIpc) is 3.52. The highest BCUT2D eigenvalue weighted by Gasteiger charge is 2.36. The number of aromatic nitrogens is 1. The predicted molar refractivity (Wildman–Crippen MR) is 92.8 cm³/mol. The fourth-order valence-corrected chi connectivity index (χ4v) is 4.38. The number of nitrogens with one attached hydrogen (secondary N) is 1. The smallest absolute Gasteiger partial charge is 0.225 e. The fourth-order valence-electron chi connectivity index (χ4n) is 3.40. The molecule has 0 radical (unpaired) electrons. The second-order valence-corrected chi connectivity index (χ2v) is 8.28. The van der Waals surface area contributed by atoms with Crippen molar-refractivity contribution >= 4 is 23.2 Å². The molecule has 1 aromatic rings. The number of rotatable bonds is 6. The van der Waals surface area contributed by atoms with Gasteiger partial charge in [0.25, 0.3) is 0 Å². The molecule has 3 aliphatic rings. The minimum atomic E-state index is 0.201. The number of hydrogen-bond donors (Lipinski definition) is 1. The van der Waals surface area contributed by atoms with Crippen LogP contribution in [0.15, 0.2) is 5.38 Å². The second-order valence-electron chi connectivity index (χ2n) is 7.39. The molecule has 0 aromatic carbocycles. The quantitative estimate of drug-likeness (QED) is 0.859. The first kappa shape index (κ1) is 16.1. The maximum Gasteiger partial charge on any atom is 0.225 e. The van der Waals surface area contributed by atoms with Crippen LogP contribution in [0.3, 0.4) is 0 Å². The lowest BCUT2D eigenvalue weighted by atomic mass is 9.98. The third-order valence-corrected chi connectivity index (χ3v) is 6.26. The van der Waals surface area contributed by atoms with Crippen molar-refractivity contribution < 1.29 is 9.59 Å². The molecule has 0 spiro atoms. The Kier molecular flexibility index (Phi) is 4.57. The van der Waals surface area contributed by atoms with Crippen molar-refractivity contribution in [2.24, 2.45) is 11.8 Å². The van der Waals surface area contributed by atoms with Gasteiger partial charge in [0, 0.05) is 49.2 Å². The summed E-state index contributed by atoms with van der Waals surface area (Å²) in [6, 6.07) is 0. The fraction of sp³-hybridized carbons (Fsp3) is 0.722. The van der Waals surface area contributed by atoms with Crippen molar-refractivity contribution in [3.63, 3.8) is 0 Å². The lowest BCUT2D eigenvalue weighted by Crippen LogP contribution is -2.39. The largest absolute Gasteiger partial charge is 0.355 e. The Morgan fingerprint density at radius 3 is 2.75 bits per heavy atom. The molecule has 4 rings (SSSR count). The van der Waals surface area contributed by atoms with Gasteiger partial charge in [0.1, 0.15) is 0 Å². The summed E-state index contributed by atoms with van der Waals surface area (Å²) in [5, 5.41) is 6.27. The summed E-state index contributed by atoms with van der Waals surface area (Å²) in [6.45, 7) is 2.42. The van der Waals surface area contributed by atoms with Gasteiger partial charge >= 0.3 is 0 Å². The van der Waals surface area contributed by atoms with Crippen LogP contribution in [-0.4, -0.2) is 41.3 Å². The summed E-state index contributed by atoms with van der Waals surface area (Å²) in [6.07, 6.45) is 7.25. The Hall–Kier alpha value is -1.43. The van der Waals surface area contributed by atoms with E-state index in [0.29, 0.717) is 24.3 Å².